The van der Waals surface area contributed by atoms with Crippen LogP contribution in [-0.2, 0) is 24.7 Å². The second-order valence-electron chi connectivity index (χ2n) is 5.28. The van der Waals surface area contributed by atoms with Gasteiger partial charge in [0, 0.05) is 19.2 Å². The molecule has 1 saturated heterocycles. The second kappa shape index (κ2) is 5.92. The predicted octanol–water partition coefficient (Wildman–Crippen LogP) is 1.27. The summed E-state index contributed by atoms with van der Waals surface area (Å²) in [5.74, 6) is 1.16. The molecule has 0 spiro atoms. The highest BCUT2D eigenvalue weighted by Gasteiger charge is 2.25. The minimum atomic E-state index is 0. The van der Waals surface area contributed by atoms with Gasteiger partial charge in [-0.1, -0.05) is 0 Å². The first-order valence-corrected chi connectivity index (χ1v) is 6.82. The van der Waals surface area contributed by atoms with Crippen molar-refractivity contribution in [1.29, 1.82) is 0 Å². The zero-order valence-electron chi connectivity index (χ0n) is 11.2. The van der Waals surface area contributed by atoms with E-state index >= 15 is 0 Å². The van der Waals surface area contributed by atoms with Gasteiger partial charge in [0.25, 0.3) is 0 Å². The van der Waals surface area contributed by atoms with Crippen LogP contribution in [0.5, 0.6) is 0 Å². The third-order valence-electron chi connectivity index (χ3n) is 3.98. The molecule has 1 atom stereocenters. The van der Waals surface area contributed by atoms with E-state index in [-0.39, 0.29) is 24.2 Å². The predicted molar refractivity (Wildman–Crippen MR) is 76.7 cm³/mol. The number of nitrogens with zero attached hydrogens (tertiary/aromatic N) is 2. The van der Waals surface area contributed by atoms with E-state index in [0.29, 0.717) is 0 Å². The van der Waals surface area contributed by atoms with Crippen LogP contribution < -0.4 is 10.6 Å². The summed E-state index contributed by atoms with van der Waals surface area (Å²) in [6, 6.07) is 0. The van der Waals surface area contributed by atoms with Crippen molar-refractivity contribution in [2.24, 2.45) is 13.0 Å². The Morgan fingerprint density at radius 2 is 2.26 bits per heavy atom. The molecule has 0 radical (unpaired) electrons. The number of piperidine rings is 1. The molecule has 1 fully saturated rings. The largest absolute Gasteiger partial charge is 0.316 e. The Hall–Kier alpha value is -1.07. The monoisotopic (exact) mass is 284 g/mol. The molecule has 2 N–H and O–H groups in total. The van der Waals surface area contributed by atoms with E-state index in [1.165, 1.54) is 5.56 Å². The first kappa shape index (κ1) is 14.3. The SMILES string of the molecule is Cl.Cn1nc2c(c1NC(=O)C1CCCNC1)CCC2. The van der Waals surface area contributed by atoms with Crippen LogP contribution in [0.1, 0.15) is 30.5 Å². The van der Waals surface area contributed by atoms with Crippen LogP contribution >= 0.6 is 12.4 Å². The third kappa shape index (κ3) is 2.77. The number of hydrogen-bond donors (Lipinski definition) is 2. The molecule has 5 nitrogen and oxygen atoms in total. The zero-order chi connectivity index (χ0) is 12.5. The molecule has 1 aromatic rings. The van der Waals surface area contributed by atoms with Gasteiger partial charge in [0.05, 0.1) is 11.6 Å². The van der Waals surface area contributed by atoms with Gasteiger partial charge >= 0.3 is 0 Å². The van der Waals surface area contributed by atoms with Gasteiger partial charge in [0.1, 0.15) is 5.82 Å². The molecular weight excluding hydrogens is 264 g/mol. The van der Waals surface area contributed by atoms with Gasteiger partial charge in [0.15, 0.2) is 0 Å². The molecule has 1 amide bonds. The first-order chi connectivity index (χ1) is 8.75. The summed E-state index contributed by atoms with van der Waals surface area (Å²) in [7, 11) is 1.91. The number of hydrogen-bond acceptors (Lipinski definition) is 3. The molecule has 106 valence electrons. The van der Waals surface area contributed by atoms with Crippen molar-refractivity contribution in [3.63, 3.8) is 0 Å². The molecule has 2 aliphatic rings. The van der Waals surface area contributed by atoms with Gasteiger partial charge in [0.2, 0.25) is 5.91 Å². The van der Waals surface area contributed by atoms with Gasteiger partial charge in [-0.05, 0) is 38.6 Å². The van der Waals surface area contributed by atoms with Crippen LogP contribution in [0.2, 0.25) is 0 Å². The van der Waals surface area contributed by atoms with Crippen LogP contribution in [0, 0.1) is 5.92 Å². The maximum Gasteiger partial charge on any atom is 0.229 e. The van der Waals surface area contributed by atoms with Crippen molar-refractivity contribution < 1.29 is 4.79 Å². The number of anilines is 1. The maximum absolute atomic E-state index is 12.2. The van der Waals surface area contributed by atoms with Crippen molar-refractivity contribution in [3.05, 3.63) is 11.3 Å². The van der Waals surface area contributed by atoms with Crippen molar-refractivity contribution in [2.75, 3.05) is 18.4 Å². The molecule has 1 aliphatic heterocycles. The van der Waals surface area contributed by atoms with E-state index in [9.17, 15) is 4.79 Å². The number of carbonyl (C=O) groups is 1. The minimum Gasteiger partial charge on any atom is -0.316 e. The molecule has 0 bridgehead atoms. The van der Waals surface area contributed by atoms with Crippen molar-refractivity contribution in [2.45, 2.75) is 32.1 Å². The average molecular weight is 285 g/mol. The molecule has 1 aliphatic carbocycles. The fraction of sp³-hybridized carbons (Fsp3) is 0.692. The van der Waals surface area contributed by atoms with E-state index in [1.807, 2.05) is 11.7 Å². The molecule has 1 aromatic heterocycles. The highest BCUT2D eigenvalue weighted by Crippen LogP contribution is 2.28. The maximum atomic E-state index is 12.2. The Kier molecular flexibility index (Phi) is 4.47. The average Bonchev–Trinajstić information content (AvgIpc) is 2.94. The summed E-state index contributed by atoms with van der Waals surface area (Å²) in [6.07, 6.45) is 5.32. The topological polar surface area (TPSA) is 59.0 Å². The van der Waals surface area contributed by atoms with E-state index in [4.69, 9.17) is 0 Å². The summed E-state index contributed by atoms with van der Waals surface area (Å²) in [5, 5.41) is 10.8. The Bertz CT molecular complexity index is 465. The lowest BCUT2D eigenvalue weighted by Gasteiger charge is -2.22. The fourth-order valence-electron chi connectivity index (χ4n) is 2.97. The number of rotatable bonds is 2. The Morgan fingerprint density at radius 3 is 3.00 bits per heavy atom. The Balaban J connectivity index is 0.00000133. The van der Waals surface area contributed by atoms with Gasteiger partial charge in [-0.3, -0.25) is 9.48 Å². The normalized spacial score (nSPS) is 21.6. The summed E-state index contributed by atoms with van der Waals surface area (Å²) in [4.78, 5) is 12.2. The number of aromatic nitrogens is 2. The lowest BCUT2D eigenvalue weighted by Crippen LogP contribution is -2.37. The number of fused-ring (bicyclic) bond motifs is 1. The smallest absolute Gasteiger partial charge is 0.229 e. The van der Waals surface area contributed by atoms with Crippen LogP contribution in [0.3, 0.4) is 0 Å². The van der Waals surface area contributed by atoms with Crippen molar-refractivity contribution in [3.8, 4) is 0 Å². The highest BCUT2D eigenvalue weighted by molar-refractivity contribution is 5.92. The molecule has 6 heteroatoms. The number of carbonyl (C=O) groups excluding carboxylic acids is 1. The summed E-state index contributed by atoms with van der Waals surface area (Å²) >= 11 is 0. The van der Waals surface area contributed by atoms with Crippen LogP contribution in [0.15, 0.2) is 0 Å². The van der Waals surface area contributed by atoms with Crippen LogP contribution in [0.4, 0.5) is 5.82 Å². The van der Waals surface area contributed by atoms with Gasteiger partial charge in [-0.15, -0.1) is 12.4 Å². The molecule has 3 rings (SSSR count). The van der Waals surface area contributed by atoms with Gasteiger partial charge in [-0.2, -0.15) is 5.10 Å². The van der Waals surface area contributed by atoms with E-state index in [0.717, 1.165) is 56.7 Å². The third-order valence-corrected chi connectivity index (χ3v) is 3.98. The standard InChI is InChI=1S/C13H20N4O.ClH/c1-17-12(10-5-2-6-11(10)16-17)15-13(18)9-4-3-7-14-8-9;/h9,14H,2-8H2,1H3,(H,15,18);1H. The lowest BCUT2D eigenvalue weighted by atomic mass is 9.99. The molecule has 1 unspecified atom stereocenters. The highest BCUT2D eigenvalue weighted by atomic mass is 35.5. The van der Waals surface area contributed by atoms with Crippen molar-refractivity contribution >= 4 is 24.1 Å². The van der Waals surface area contributed by atoms with E-state index in [1.54, 1.807) is 0 Å². The van der Waals surface area contributed by atoms with Crippen molar-refractivity contribution in [1.82, 2.24) is 15.1 Å². The zero-order valence-corrected chi connectivity index (χ0v) is 12.1. The summed E-state index contributed by atoms with van der Waals surface area (Å²) in [5.41, 5.74) is 2.41. The molecule has 19 heavy (non-hydrogen) atoms. The Labute approximate surface area is 119 Å². The molecule has 0 aromatic carbocycles. The summed E-state index contributed by atoms with van der Waals surface area (Å²) in [6.45, 7) is 1.83. The Morgan fingerprint density at radius 1 is 1.42 bits per heavy atom. The van der Waals surface area contributed by atoms with Gasteiger partial charge < -0.3 is 10.6 Å². The lowest BCUT2D eigenvalue weighted by molar-refractivity contribution is -0.120. The second-order valence-corrected chi connectivity index (χ2v) is 5.28. The molecular formula is C13H21ClN4O. The summed E-state index contributed by atoms with van der Waals surface area (Å²) < 4.78 is 1.82. The number of aryl methyl sites for hydroxylation is 2. The van der Waals surface area contributed by atoms with E-state index < -0.39 is 0 Å². The van der Waals surface area contributed by atoms with Gasteiger partial charge in [-0.25, -0.2) is 0 Å². The number of halogens is 1. The number of amides is 1. The molecule has 2 heterocycles. The van der Waals surface area contributed by atoms with E-state index in [2.05, 4.69) is 15.7 Å². The van der Waals surface area contributed by atoms with Crippen LogP contribution in [-0.4, -0.2) is 28.8 Å². The number of nitrogens with one attached hydrogen (secondary N) is 2. The first-order valence-electron chi connectivity index (χ1n) is 6.82. The fourth-order valence-corrected chi connectivity index (χ4v) is 2.97. The quantitative estimate of drug-likeness (QED) is 0.860. The van der Waals surface area contributed by atoms with Crippen LogP contribution in [0.25, 0.3) is 0 Å². The molecule has 0 saturated carbocycles. The minimum absolute atomic E-state index is 0.